The summed E-state index contributed by atoms with van der Waals surface area (Å²) >= 11 is 0. The average molecular weight is 326 g/mol. The number of carbonyl (C=O) groups excluding carboxylic acids is 2. The maximum atomic E-state index is 12.8. The lowest BCUT2D eigenvalue weighted by atomic mass is 9.80. The molecule has 1 aliphatic carbocycles. The van der Waals surface area contributed by atoms with Crippen LogP contribution in [0.3, 0.4) is 0 Å². The summed E-state index contributed by atoms with van der Waals surface area (Å²) in [6.07, 6.45) is 8.96. The summed E-state index contributed by atoms with van der Waals surface area (Å²) in [4.78, 5) is 27.3. The Balaban J connectivity index is 1.66. The Bertz CT molecular complexity index is 626. The summed E-state index contributed by atoms with van der Waals surface area (Å²) in [6.45, 7) is 3.21. The summed E-state index contributed by atoms with van der Waals surface area (Å²) in [7, 11) is 0. The first-order valence-corrected chi connectivity index (χ1v) is 8.89. The van der Waals surface area contributed by atoms with Crippen LogP contribution in [0.4, 0.5) is 0 Å². The van der Waals surface area contributed by atoms with Crippen LogP contribution in [0, 0.1) is 5.41 Å². The molecule has 1 aliphatic heterocycles. The average Bonchev–Trinajstić information content (AvgIpc) is 2.63. The van der Waals surface area contributed by atoms with Crippen molar-refractivity contribution in [1.82, 2.24) is 10.2 Å². The molecule has 128 valence electrons. The summed E-state index contributed by atoms with van der Waals surface area (Å²) in [5.41, 5.74) is 0.198. The van der Waals surface area contributed by atoms with Crippen LogP contribution in [-0.4, -0.2) is 35.8 Å². The van der Waals surface area contributed by atoms with Gasteiger partial charge in [0.15, 0.2) is 0 Å². The van der Waals surface area contributed by atoms with E-state index in [0.29, 0.717) is 12.1 Å². The fourth-order valence-corrected chi connectivity index (χ4v) is 3.65. The highest BCUT2D eigenvalue weighted by Crippen LogP contribution is 2.31. The van der Waals surface area contributed by atoms with Gasteiger partial charge in [-0.25, -0.2) is 0 Å². The van der Waals surface area contributed by atoms with Crippen molar-refractivity contribution in [2.24, 2.45) is 5.41 Å². The van der Waals surface area contributed by atoms with Gasteiger partial charge in [0.25, 0.3) is 5.91 Å². The van der Waals surface area contributed by atoms with Gasteiger partial charge >= 0.3 is 0 Å². The summed E-state index contributed by atoms with van der Waals surface area (Å²) in [5.74, 6) is 0.114. The zero-order valence-electron chi connectivity index (χ0n) is 14.3. The van der Waals surface area contributed by atoms with Gasteiger partial charge in [-0.1, -0.05) is 30.4 Å². The highest BCUT2D eigenvalue weighted by Gasteiger charge is 2.40. The molecule has 0 spiro atoms. The number of amides is 2. The van der Waals surface area contributed by atoms with E-state index in [4.69, 9.17) is 0 Å². The standard InChI is InChI=1S/C20H26N2O2/c1-20(19(24)21-17-11-6-3-7-12-17)13-8-14-22(15-20)18(23)16-9-4-2-5-10-16/h2-6,9-10,17H,7-8,11-15H2,1H3,(H,21,24)/t17-,20-/m1/s1. The minimum atomic E-state index is -0.496. The molecule has 1 aromatic carbocycles. The Morgan fingerprint density at radius 2 is 2.00 bits per heavy atom. The second kappa shape index (κ2) is 7.20. The van der Waals surface area contributed by atoms with Crippen molar-refractivity contribution in [3.05, 3.63) is 48.0 Å². The Morgan fingerprint density at radius 3 is 2.71 bits per heavy atom. The summed E-state index contributed by atoms with van der Waals surface area (Å²) in [5, 5.41) is 3.20. The number of nitrogens with zero attached hydrogens (tertiary/aromatic N) is 1. The lowest BCUT2D eigenvalue weighted by Gasteiger charge is -2.40. The zero-order valence-corrected chi connectivity index (χ0v) is 14.3. The number of rotatable bonds is 3. The first-order chi connectivity index (χ1) is 11.6. The third-order valence-corrected chi connectivity index (χ3v) is 5.16. The number of carbonyl (C=O) groups is 2. The topological polar surface area (TPSA) is 49.4 Å². The lowest BCUT2D eigenvalue weighted by Crippen LogP contribution is -2.53. The molecular weight excluding hydrogens is 300 g/mol. The Hall–Kier alpha value is -2.10. The van der Waals surface area contributed by atoms with Crippen molar-refractivity contribution in [2.45, 2.75) is 45.1 Å². The summed E-state index contributed by atoms with van der Waals surface area (Å²) < 4.78 is 0. The molecule has 0 radical (unpaired) electrons. The largest absolute Gasteiger partial charge is 0.353 e. The molecule has 2 atom stereocenters. The fraction of sp³-hybridized carbons (Fsp3) is 0.500. The van der Waals surface area contributed by atoms with Gasteiger partial charge in [0, 0.05) is 24.7 Å². The van der Waals surface area contributed by atoms with E-state index in [1.807, 2.05) is 42.2 Å². The molecule has 0 bridgehead atoms. The van der Waals surface area contributed by atoms with E-state index in [-0.39, 0.29) is 17.9 Å². The Morgan fingerprint density at radius 1 is 1.21 bits per heavy atom. The predicted octanol–water partition coefficient (Wildman–Crippen LogP) is 3.15. The van der Waals surface area contributed by atoms with Gasteiger partial charge in [-0.15, -0.1) is 0 Å². The van der Waals surface area contributed by atoms with E-state index in [2.05, 4.69) is 17.5 Å². The highest BCUT2D eigenvalue weighted by atomic mass is 16.2. The third-order valence-electron chi connectivity index (χ3n) is 5.16. The molecule has 2 amide bonds. The number of nitrogens with one attached hydrogen (secondary N) is 1. The van der Waals surface area contributed by atoms with Crippen molar-refractivity contribution in [3.8, 4) is 0 Å². The molecular formula is C20H26N2O2. The SMILES string of the molecule is C[C@@]1(C(=O)N[C@@H]2CC=CCC2)CCCN(C(=O)c2ccccc2)C1. The third kappa shape index (κ3) is 3.69. The zero-order chi connectivity index (χ0) is 17.0. The smallest absolute Gasteiger partial charge is 0.253 e. The van der Waals surface area contributed by atoms with Crippen LogP contribution in [0.25, 0.3) is 0 Å². The molecule has 4 nitrogen and oxygen atoms in total. The molecule has 1 aromatic rings. The molecule has 0 unspecified atom stereocenters. The van der Waals surface area contributed by atoms with E-state index < -0.39 is 5.41 Å². The quantitative estimate of drug-likeness (QED) is 0.868. The molecule has 4 heteroatoms. The maximum absolute atomic E-state index is 12.8. The van der Waals surface area contributed by atoms with Crippen molar-refractivity contribution in [3.63, 3.8) is 0 Å². The minimum Gasteiger partial charge on any atom is -0.353 e. The number of likely N-dealkylation sites (tertiary alicyclic amines) is 1. The molecule has 3 rings (SSSR count). The number of hydrogen-bond donors (Lipinski definition) is 1. The van der Waals surface area contributed by atoms with Gasteiger partial charge in [-0.2, -0.15) is 0 Å². The second-order valence-electron chi connectivity index (χ2n) is 7.21. The fourth-order valence-electron chi connectivity index (χ4n) is 3.65. The first-order valence-electron chi connectivity index (χ1n) is 8.89. The van der Waals surface area contributed by atoms with Crippen molar-refractivity contribution < 1.29 is 9.59 Å². The van der Waals surface area contributed by atoms with E-state index >= 15 is 0 Å². The molecule has 24 heavy (non-hydrogen) atoms. The van der Waals surface area contributed by atoms with Crippen LogP contribution >= 0.6 is 0 Å². The van der Waals surface area contributed by atoms with Gasteiger partial charge in [0.2, 0.25) is 5.91 Å². The number of benzene rings is 1. The Labute approximate surface area is 143 Å². The first kappa shape index (κ1) is 16.7. The van der Waals surface area contributed by atoms with Gasteiger partial charge in [-0.3, -0.25) is 9.59 Å². The van der Waals surface area contributed by atoms with Crippen LogP contribution in [-0.2, 0) is 4.79 Å². The predicted molar refractivity (Wildman–Crippen MR) is 94.6 cm³/mol. The van der Waals surface area contributed by atoms with Crippen LogP contribution in [0.1, 0.15) is 49.4 Å². The molecule has 1 fully saturated rings. The van der Waals surface area contributed by atoms with E-state index in [1.54, 1.807) is 0 Å². The van der Waals surface area contributed by atoms with Crippen molar-refractivity contribution in [1.29, 1.82) is 0 Å². The van der Waals surface area contributed by atoms with Crippen LogP contribution in [0.15, 0.2) is 42.5 Å². The maximum Gasteiger partial charge on any atom is 0.253 e. The van der Waals surface area contributed by atoms with E-state index in [1.165, 1.54) is 0 Å². The molecule has 0 aromatic heterocycles. The van der Waals surface area contributed by atoms with Gasteiger partial charge < -0.3 is 10.2 Å². The van der Waals surface area contributed by atoms with Crippen LogP contribution in [0.5, 0.6) is 0 Å². The molecule has 0 saturated carbocycles. The number of piperidine rings is 1. The number of allylic oxidation sites excluding steroid dienone is 1. The monoisotopic (exact) mass is 326 g/mol. The van der Waals surface area contributed by atoms with Gasteiger partial charge in [0.1, 0.15) is 0 Å². The van der Waals surface area contributed by atoms with Gasteiger partial charge in [0.05, 0.1) is 5.41 Å². The van der Waals surface area contributed by atoms with Crippen molar-refractivity contribution >= 4 is 11.8 Å². The molecule has 1 saturated heterocycles. The van der Waals surface area contributed by atoms with Crippen molar-refractivity contribution in [2.75, 3.05) is 13.1 Å². The van der Waals surface area contributed by atoms with Crippen LogP contribution < -0.4 is 5.32 Å². The Kier molecular flexibility index (Phi) is 5.03. The second-order valence-corrected chi connectivity index (χ2v) is 7.21. The van der Waals surface area contributed by atoms with E-state index in [0.717, 1.165) is 38.6 Å². The molecule has 2 aliphatic rings. The lowest BCUT2D eigenvalue weighted by molar-refractivity contribution is -0.133. The molecule has 1 heterocycles. The molecule has 1 N–H and O–H groups in total. The summed E-state index contributed by atoms with van der Waals surface area (Å²) in [6, 6.07) is 9.56. The van der Waals surface area contributed by atoms with Gasteiger partial charge in [-0.05, 0) is 51.2 Å². The normalized spacial score (nSPS) is 26.9. The van der Waals surface area contributed by atoms with E-state index in [9.17, 15) is 9.59 Å². The highest BCUT2D eigenvalue weighted by molar-refractivity contribution is 5.95. The van der Waals surface area contributed by atoms with Crippen LogP contribution in [0.2, 0.25) is 0 Å². The number of hydrogen-bond acceptors (Lipinski definition) is 2. The minimum absolute atomic E-state index is 0.0231.